The van der Waals surface area contributed by atoms with Crippen molar-refractivity contribution in [1.82, 2.24) is 19.9 Å². The quantitative estimate of drug-likeness (QED) is 0.872. The molecule has 0 saturated heterocycles. The molecule has 0 saturated carbocycles. The SMILES string of the molecule is CC(C)Oc1nc(N)nc(Oc2cccnc2)n1. The Hall–Kier alpha value is -2.44. The van der Waals surface area contributed by atoms with Gasteiger partial charge in [-0.25, -0.2) is 0 Å². The van der Waals surface area contributed by atoms with Crippen LogP contribution in [0, 0.1) is 0 Å². The van der Waals surface area contributed by atoms with E-state index >= 15 is 0 Å². The minimum absolute atomic E-state index is 0.0412. The maximum Gasteiger partial charge on any atom is 0.330 e. The Bertz CT molecular complexity index is 518. The van der Waals surface area contributed by atoms with Gasteiger partial charge in [0.15, 0.2) is 0 Å². The summed E-state index contributed by atoms with van der Waals surface area (Å²) in [6, 6.07) is 3.68. The zero-order chi connectivity index (χ0) is 13.0. The van der Waals surface area contributed by atoms with E-state index < -0.39 is 0 Å². The summed E-state index contributed by atoms with van der Waals surface area (Å²) >= 11 is 0. The fourth-order valence-electron chi connectivity index (χ4n) is 1.17. The van der Waals surface area contributed by atoms with Crippen molar-refractivity contribution in [1.29, 1.82) is 0 Å². The molecule has 0 radical (unpaired) electrons. The number of rotatable bonds is 4. The molecule has 18 heavy (non-hydrogen) atoms. The van der Waals surface area contributed by atoms with Crippen molar-refractivity contribution in [3.8, 4) is 17.8 Å². The molecule has 0 bridgehead atoms. The van der Waals surface area contributed by atoms with E-state index in [1.54, 1.807) is 24.5 Å². The molecule has 0 aliphatic carbocycles. The number of nitrogens with two attached hydrogens (primary N) is 1. The summed E-state index contributed by atoms with van der Waals surface area (Å²) in [5.74, 6) is 0.554. The van der Waals surface area contributed by atoms with Crippen LogP contribution in [-0.2, 0) is 0 Å². The van der Waals surface area contributed by atoms with Gasteiger partial charge in [-0.2, -0.15) is 9.97 Å². The van der Waals surface area contributed by atoms with E-state index in [0.717, 1.165) is 0 Å². The van der Waals surface area contributed by atoms with Gasteiger partial charge < -0.3 is 15.2 Å². The van der Waals surface area contributed by atoms with Crippen LogP contribution >= 0.6 is 0 Å². The fraction of sp³-hybridized carbons (Fsp3) is 0.273. The summed E-state index contributed by atoms with van der Waals surface area (Å²) in [6.45, 7) is 3.73. The van der Waals surface area contributed by atoms with Gasteiger partial charge in [0.2, 0.25) is 5.95 Å². The number of ether oxygens (including phenoxy) is 2. The molecule has 7 nitrogen and oxygen atoms in total. The van der Waals surface area contributed by atoms with Gasteiger partial charge in [0.25, 0.3) is 0 Å². The highest BCUT2D eigenvalue weighted by Crippen LogP contribution is 2.18. The summed E-state index contributed by atoms with van der Waals surface area (Å²) in [4.78, 5) is 15.6. The first-order valence-electron chi connectivity index (χ1n) is 5.39. The van der Waals surface area contributed by atoms with Crippen molar-refractivity contribution in [2.45, 2.75) is 20.0 Å². The molecule has 2 aromatic rings. The minimum atomic E-state index is -0.0574. The third-order valence-corrected chi connectivity index (χ3v) is 1.80. The van der Waals surface area contributed by atoms with Crippen molar-refractivity contribution < 1.29 is 9.47 Å². The largest absolute Gasteiger partial charge is 0.461 e. The van der Waals surface area contributed by atoms with E-state index in [1.165, 1.54) is 0 Å². The van der Waals surface area contributed by atoms with E-state index in [4.69, 9.17) is 15.2 Å². The summed E-state index contributed by atoms with van der Waals surface area (Å²) in [6.07, 6.45) is 3.13. The predicted octanol–water partition coefficient (Wildman–Crippen LogP) is 1.43. The van der Waals surface area contributed by atoms with Gasteiger partial charge in [-0.15, -0.1) is 4.98 Å². The van der Waals surface area contributed by atoms with Crippen LogP contribution in [-0.4, -0.2) is 26.0 Å². The van der Waals surface area contributed by atoms with Crippen molar-refractivity contribution in [2.75, 3.05) is 5.73 Å². The highest BCUT2D eigenvalue weighted by molar-refractivity contribution is 5.25. The molecule has 0 unspecified atom stereocenters. The Balaban J connectivity index is 2.20. The van der Waals surface area contributed by atoms with Crippen LogP contribution in [0.1, 0.15) is 13.8 Å². The van der Waals surface area contributed by atoms with Gasteiger partial charge >= 0.3 is 12.0 Å². The van der Waals surface area contributed by atoms with Crippen LogP contribution in [0.5, 0.6) is 17.8 Å². The smallest absolute Gasteiger partial charge is 0.330 e. The van der Waals surface area contributed by atoms with Crippen LogP contribution < -0.4 is 15.2 Å². The monoisotopic (exact) mass is 247 g/mol. The normalized spacial score (nSPS) is 10.4. The van der Waals surface area contributed by atoms with Crippen LogP contribution in [0.4, 0.5) is 5.95 Å². The minimum Gasteiger partial charge on any atom is -0.461 e. The number of hydrogen-bond donors (Lipinski definition) is 1. The molecule has 2 aromatic heterocycles. The molecule has 94 valence electrons. The van der Waals surface area contributed by atoms with Crippen LogP contribution in [0.15, 0.2) is 24.5 Å². The van der Waals surface area contributed by atoms with Gasteiger partial charge in [0.05, 0.1) is 12.3 Å². The van der Waals surface area contributed by atoms with Crippen LogP contribution in [0.3, 0.4) is 0 Å². The highest BCUT2D eigenvalue weighted by Gasteiger charge is 2.09. The first kappa shape index (κ1) is 12.0. The lowest BCUT2D eigenvalue weighted by Crippen LogP contribution is -2.11. The van der Waals surface area contributed by atoms with Crippen molar-refractivity contribution >= 4 is 5.95 Å². The summed E-state index contributed by atoms with van der Waals surface area (Å²) in [5.41, 5.74) is 5.55. The Kier molecular flexibility index (Phi) is 3.52. The topological polar surface area (TPSA) is 96.0 Å². The number of nitrogen functional groups attached to an aromatic ring is 1. The van der Waals surface area contributed by atoms with Gasteiger partial charge in [-0.1, -0.05) is 0 Å². The van der Waals surface area contributed by atoms with E-state index in [0.29, 0.717) is 5.75 Å². The van der Waals surface area contributed by atoms with Gasteiger partial charge in [-0.05, 0) is 26.0 Å². The number of pyridine rings is 1. The molecular formula is C11H13N5O2. The maximum absolute atomic E-state index is 5.55. The Labute approximate surface area is 104 Å². The van der Waals surface area contributed by atoms with E-state index in [1.807, 2.05) is 13.8 Å². The third kappa shape index (κ3) is 3.27. The standard InChI is InChI=1S/C11H13N5O2/c1-7(2)17-10-14-9(12)15-11(16-10)18-8-4-3-5-13-6-8/h3-7H,1-2H3,(H2,12,14,15,16). The molecule has 0 aliphatic heterocycles. The number of nitrogens with zero attached hydrogens (tertiary/aromatic N) is 4. The lowest BCUT2D eigenvalue weighted by atomic mass is 10.5. The second-order valence-electron chi connectivity index (χ2n) is 3.72. The highest BCUT2D eigenvalue weighted by atomic mass is 16.5. The van der Waals surface area contributed by atoms with E-state index in [2.05, 4.69) is 19.9 Å². The summed E-state index contributed by atoms with van der Waals surface area (Å²) in [5, 5.41) is 0. The Morgan fingerprint density at radius 2 is 1.94 bits per heavy atom. The molecule has 0 spiro atoms. The maximum atomic E-state index is 5.55. The molecule has 7 heteroatoms. The predicted molar refractivity (Wildman–Crippen MR) is 64.3 cm³/mol. The second kappa shape index (κ2) is 5.26. The average molecular weight is 247 g/mol. The van der Waals surface area contributed by atoms with Gasteiger partial charge in [0, 0.05) is 6.20 Å². The summed E-state index contributed by atoms with van der Waals surface area (Å²) in [7, 11) is 0. The second-order valence-corrected chi connectivity index (χ2v) is 3.72. The van der Waals surface area contributed by atoms with Crippen LogP contribution in [0.2, 0.25) is 0 Å². The molecular weight excluding hydrogens is 234 g/mol. The average Bonchev–Trinajstić information content (AvgIpc) is 2.28. The molecule has 0 fully saturated rings. The molecule has 0 aromatic carbocycles. The van der Waals surface area contributed by atoms with Gasteiger partial charge in [-0.3, -0.25) is 4.98 Å². The first-order valence-corrected chi connectivity index (χ1v) is 5.39. The zero-order valence-corrected chi connectivity index (χ0v) is 10.1. The van der Waals surface area contributed by atoms with E-state index in [-0.39, 0.29) is 24.1 Å². The van der Waals surface area contributed by atoms with Gasteiger partial charge in [0.1, 0.15) is 5.75 Å². The third-order valence-electron chi connectivity index (χ3n) is 1.80. The Morgan fingerprint density at radius 1 is 1.17 bits per heavy atom. The van der Waals surface area contributed by atoms with Crippen LogP contribution in [0.25, 0.3) is 0 Å². The zero-order valence-electron chi connectivity index (χ0n) is 10.1. The first-order chi connectivity index (χ1) is 8.63. The molecule has 0 aliphatic rings. The lowest BCUT2D eigenvalue weighted by molar-refractivity contribution is 0.219. The number of anilines is 1. The molecule has 2 heterocycles. The molecule has 2 rings (SSSR count). The van der Waals surface area contributed by atoms with E-state index in [9.17, 15) is 0 Å². The molecule has 2 N–H and O–H groups in total. The summed E-state index contributed by atoms with van der Waals surface area (Å²) < 4.78 is 10.7. The van der Waals surface area contributed by atoms with Crippen molar-refractivity contribution in [3.05, 3.63) is 24.5 Å². The lowest BCUT2D eigenvalue weighted by Gasteiger charge is -2.09. The Morgan fingerprint density at radius 3 is 2.61 bits per heavy atom. The number of aromatic nitrogens is 4. The van der Waals surface area contributed by atoms with Crippen molar-refractivity contribution in [3.63, 3.8) is 0 Å². The van der Waals surface area contributed by atoms with Crippen molar-refractivity contribution in [2.24, 2.45) is 0 Å². The number of hydrogen-bond acceptors (Lipinski definition) is 7. The molecule has 0 atom stereocenters. The fourth-order valence-corrected chi connectivity index (χ4v) is 1.17. The molecule has 0 amide bonds.